The highest BCUT2D eigenvalue weighted by atomic mass is 16.3. The Hall–Kier alpha value is -8.94. The Labute approximate surface area is 408 Å². The molecule has 0 aliphatic heterocycles. The quantitative estimate of drug-likeness (QED) is 0.165. The van der Waals surface area contributed by atoms with E-state index in [0.717, 1.165) is 100 Å². The van der Waals surface area contributed by atoms with Crippen molar-refractivity contribution in [2.45, 2.75) is 38.5 Å². The summed E-state index contributed by atoms with van der Waals surface area (Å²) in [6.07, 6.45) is 3.71. The zero-order chi connectivity index (χ0) is 47.3. The fourth-order valence-corrected chi connectivity index (χ4v) is 12.2. The highest BCUT2D eigenvalue weighted by Gasteiger charge is 2.44. The lowest BCUT2D eigenvalue weighted by Crippen LogP contribution is -2.20. The van der Waals surface area contributed by atoms with Gasteiger partial charge in [0.1, 0.15) is 28.4 Å². The number of hydrogen-bond donors (Lipinski definition) is 0. The summed E-state index contributed by atoms with van der Waals surface area (Å²) in [6.45, 7) is 9.50. The Bertz CT molecular complexity index is 4370. The van der Waals surface area contributed by atoms with Gasteiger partial charge in [-0.05, 0) is 123 Å². The van der Waals surface area contributed by atoms with Crippen molar-refractivity contribution in [3.05, 3.63) is 217 Å². The van der Waals surface area contributed by atoms with Crippen LogP contribution >= 0.6 is 0 Å². The van der Waals surface area contributed by atoms with Gasteiger partial charge in [0.25, 0.3) is 0 Å². The lowest BCUT2D eigenvalue weighted by atomic mass is 9.77. The van der Waals surface area contributed by atoms with Crippen LogP contribution in [0.15, 0.2) is 208 Å². The second-order valence-corrected chi connectivity index (χ2v) is 20.1. The van der Waals surface area contributed by atoms with Crippen molar-refractivity contribution in [3.63, 3.8) is 0 Å². The van der Waals surface area contributed by atoms with E-state index in [4.69, 9.17) is 23.2 Å². The molecule has 0 N–H and O–H groups in total. The summed E-state index contributed by atoms with van der Waals surface area (Å²) in [5.74, 6) is 1.58. The van der Waals surface area contributed by atoms with Crippen LogP contribution in [0.3, 0.4) is 0 Å². The van der Waals surface area contributed by atoms with Crippen molar-refractivity contribution < 1.29 is 13.3 Å². The number of fused-ring (bicyclic) bond motifs is 16. The molecule has 0 bridgehead atoms. The first-order chi connectivity index (χ1) is 34.7. The fourth-order valence-electron chi connectivity index (χ4n) is 12.2. The van der Waals surface area contributed by atoms with Crippen molar-refractivity contribution in [1.29, 1.82) is 0 Å². The molecule has 71 heavy (non-hydrogen) atoms. The lowest BCUT2D eigenvalue weighted by molar-refractivity contribution is 0.639. The van der Waals surface area contributed by atoms with Gasteiger partial charge in [-0.2, -0.15) is 0 Å². The number of anilines is 6. The molecule has 15 rings (SSSR count). The van der Waals surface area contributed by atoms with E-state index in [9.17, 15) is 0 Å². The summed E-state index contributed by atoms with van der Waals surface area (Å²) < 4.78 is 20.5. The van der Waals surface area contributed by atoms with E-state index in [1.165, 1.54) is 44.5 Å². The maximum atomic E-state index is 7.10. The molecule has 8 aromatic carbocycles. The summed E-state index contributed by atoms with van der Waals surface area (Å²) in [7, 11) is 0. The Balaban J connectivity index is 0.942. The molecule has 0 radical (unpaired) electrons. The highest BCUT2D eigenvalue weighted by Crippen LogP contribution is 2.61. The molecule has 13 aromatic rings. The maximum Gasteiger partial charge on any atom is 0.160 e. The number of furan rings is 3. The van der Waals surface area contributed by atoms with Gasteiger partial charge < -0.3 is 13.3 Å². The van der Waals surface area contributed by atoms with Crippen molar-refractivity contribution in [1.82, 2.24) is 9.97 Å². The second kappa shape index (κ2) is 14.3. The zero-order valence-corrected chi connectivity index (χ0v) is 39.5. The largest absolute Gasteiger partial charge is 0.454 e. The normalized spacial score (nSPS) is 14.1. The van der Waals surface area contributed by atoms with E-state index in [1.54, 1.807) is 0 Å². The fraction of sp³-hybridized carbons (Fsp3) is 0.0938. The third kappa shape index (κ3) is 5.48. The number of hydrogen-bond acceptors (Lipinski definition) is 7. The van der Waals surface area contributed by atoms with Gasteiger partial charge in [0.2, 0.25) is 0 Å². The van der Waals surface area contributed by atoms with E-state index in [0.29, 0.717) is 0 Å². The molecule has 7 heteroatoms. The molecule has 5 heterocycles. The van der Waals surface area contributed by atoms with Crippen LogP contribution in [0.2, 0.25) is 0 Å². The van der Waals surface area contributed by atoms with E-state index in [-0.39, 0.29) is 10.8 Å². The van der Waals surface area contributed by atoms with Crippen molar-refractivity contribution in [3.8, 4) is 22.3 Å². The Morgan fingerprint density at radius 3 is 1.51 bits per heavy atom. The molecule has 0 spiro atoms. The van der Waals surface area contributed by atoms with Crippen molar-refractivity contribution >= 4 is 100 Å². The van der Waals surface area contributed by atoms with Gasteiger partial charge in [-0.3, -0.25) is 9.80 Å². The molecular formula is C64H44N4O3. The number of aromatic nitrogens is 2. The lowest BCUT2D eigenvalue weighted by Gasteiger charge is -2.28. The number of pyridine rings is 2. The summed E-state index contributed by atoms with van der Waals surface area (Å²) in [6, 6.07) is 64.2. The van der Waals surface area contributed by atoms with Gasteiger partial charge in [0.05, 0.1) is 17.1 Å². The smallest absolute Gasteiger partial charge is 0.160 e. The van der Waals surface area contributed by atoms with Crippen LogP contribution < -0.4 is 9.80 Å². The van der Waals surface area contributed by atoms with Crippen LogP contribution in [0.4, 0.5) is 34.4 Å². The minimum Gasteiger partial charge on any atom is -0.454 e. The average molecular weight is 917 g/mol. The third-order valence-corrected chi connectivity index (χ3v) is 15.5. The summed E-state index contributed by atoms with van der Waals surface area (Å²) in [5, 5.41) is 6.46. The Kier molecular flexibility index (Phi) is 8.06. The summed E-state index contributed by atoms with van der Waals surface area (Å²) in [5.41, 5.74) is 18.0. The van der Waals surface area contributed by atoms with Gasteiger partial charge in [0.15, 0.2) is 16.7 Å². The van der Waals surface area contributed by atoms with Gasteiger partial charge in [-0.15, -0.1) is 0 Å². The molecule has 0 unspecified atom stereocenters. The van der Waals surface area contributed by atoms with E-state index < -0.39 is 0 Å². The van der Waals surface area contributed by atoms with Gasteiger partial charge in [0, 0.05) is 61.2 Å². The van der Waals surface area contributed by atoms with Crippen LogP contribution in [0.5, 0.6) is 0 Å². The Morgan fingerprint density at radius 1 is 0.366 bits per heavy atom. The molecule has 2 aliphatic rings. The van der Waals surface area contributed by atoms with Crippen LogP contribution in [-0.2, 0) is 10.8 Å². The second-order valence-electron chi connectivity index (χ2n) is 20.1. The number of benzene rings is 8. The van der Waals surface area contributed by atoms with Gasteiger partial charge in [-0.1, -0.05) is 131 Å². The predicted molar refractivity (Wildman–Crippen MR) is 288 cm³/mol. The maximum absolute atomic E-state index is 7.10. The Morgan fingerprint density at radius 2 is 0.873 bits per heavy atom. The SMILES string of the molecule is CC1(C)c2cc(N(c3ccccn3)c3cccc4c3oc3ccccc34)ccc2-c2cc3c(cc21)C(C)(C)c1cc(N(c2ccccn2)c2cccc4c2oc2ccccc24)c2oc4ccccc4c2c1-3. The van der Waals surface area contributed by atoms with E-state index in [2.05, 4.69) is 171 Å². The van der Waals surface area contributed by atoms with Crippen molar-refractivity contribution in [2.24, 2.45) is 0 Å². The summed E-state index contributed by atoms with van der Waals surface area (Å²) in [4.78, 5) is 14.4. The molecule has 2 aliphatic carbocycles. The zero-order valence-electron chi connectivity index (χ0n) is 39.5. The number of rotatable bonds is 6. The molecule has 5 aromatic heterocycles. The monoisotopic (exact) mass is 916 g/mol. The standard InChI is InChI=1S/C64H44N4O3/c1-63(2)46-33-37(67(56-27-11-13-31-65-56)50-22-15-20-41-39-17-5-8-24-53(39)69-60(41)50)29-30-38(46)44-34-45-48(35-47(44)63)64(3,4)49-36-52(62-59(58(45)49)43-19-7-10-26-55(43)71-62)68(57-28-12-14-32-66-57)51-23-16-21-42-40-18-6-9-25-54(40)70-61(42)51/h5-36H,1-4H3. The molecule has 0 saturated heterocycles. The van der Waals surface area contributed by atoms with Crippen LogP contribution in [-0.4, -0.2) is 9.97 Å². The highest BCUT2D eigenvalue weighted by molar-refractivity contribution is 6.20. The molecule has 0 amide bonds. The van der Waals surface area contributed by atoms with Crippen molar-refractivity contribution in [2.75, 3.05) is 9.80 Å². The minimum absolute atomic E-state index is 0.328. The van der Waals surface area contributed by atoms with Gasteiger partial charge >= 0.3 is 0 Å². The van der Waals surface area contributed by atoms with Crippen LogP contribution in [0.1, 0.15) is 49.9 Å². The average Bonchev–Trinajstić information content (AvgIpc) is 4.19. The van der Waals surface area contributed by atoms with Crippen LogP contribution in [0.25, 0.3) is 88.1 Å². The van der Waals surface area contributed by atoms with E-state index >= 15 is 0 Å². The first kappa shape index (κ1) is 40.0. The van der Waals surface area contributed by atoms with E-state index in [1.807, 2.05) is 60.9 Å². The molecular weight excluding hydrogens is 873 g/mol. The first-order valence-corrected chi connectivity index (χ1v) is 24.3. The third-order valence-electron chi connectivity index (χ3n) is 15.5. The predicted octanol–water partition coefficient (Wildman–Crippen LogP) is 17.7. The first-order valence-electron chi connectivity index (χ1n) is 24.3. The minimum atomic E-state index is -0.390. The number of nitrogens with zero attached hydrogens (tertiary/aromatic N) is 4. The molecule has 0 atom stereocenters. The number of para-hydroxylation sites is 5. The molecule has 0 fully saturated rings. The molecule has 0 saturated carbocycles. The summed E-state index contributed by atoms with van der Waals surface area (Å²) >= 11 is 0. The van der Waals surface area contributed by atoms with Crippen LogP contribution in [0, 0.1) is 0 Å². The topological polar surface area (TPSA) is 71.7 Å². The molecule has 7 nitrogen and oxygen atoms in total. The molecule has 338 valence electrons. The van der Waals surface area contributed by atoms with Gasteiger partial charge in [-0.25, -0.2) is 9.97 Å².